The predicted octanol–water partition coefficient (Wildman–Crippen LogP) is 0.494. The summed E-state index contributed by atoms with van der Waals surface area (Å²) in [6.07, 6.45) is 1.15. The van der Waals surface area contributed by atoms with E-state index in [-0.39, 0.29) is 23.8 Å². The fourth-order valence-electron chi connectivity index (χ4n) is 2.48. The van der Waals surface area contributed by atoms with E-state index in [2.05, 4.69) is 15.4 Å². The van der Waals surface area contributed by atoms with Crippen molar-refractivity contribution in [3.8, 4) is 0 Å². The van der Waals surface area contributed by atoms with Gasteiger partial charge in [-0.2, -0.15) is 0 Å². The van der Waals surface area contributed by atoms with Gasteiger partial charge in [-0.1, -0.05) is 13.8 Å². The quantitative estimate of drug-likeness (QED) is 0.773. The molecule has 3 amide bonds. The molecule has 1 rings (SSSR count). The Labute approximate surface area is 125 Å². The maximum absolute atomic E-state index is 12.6. The molecule has 0 aromatic heterocycles. The number of carbonyl (C=O) groups is 3. The molecule has 1 fully saturated rings. The Morgan fingerprint density at radius 2 is 2.00 bits per heavy atom. The van der Waals surface area contributed by atoms with Crippen LogP contribution in [0.25, 0.3) is 0 Å². The number of amides is 3. The van der Waals surface area contributed by atoms with Crippen LogP contribution >= 0.6 is 0 Å². The Bertz CT molecular complexity index is 398. The molecule has 0 saturated carbocycles. The standard InChI is InChI=1S/C14H25N3O4/c1-9(2)12(16-14(20)21-4)13(19)17-7-5-6-11(17)8-15-10(3)18/h9,11-12H,5-8H2,1-4H3,(H,15,18)(H,16,20)/t11-,12-/m0/s1. The van der Waals surface area contributed by atoms with Crippen LogP contribution in [0.5, 0.6) is 0 Å². The van der Waals surface area contributed by atoms with E-state index in [1.807, 2.05) is 13.8 Å². The molecule has 1 aliphatic rings. The average molecular weight is 299 g/mol. The Kier molecular flexibility index (Phi) is 6.45. The summed E-state index contributed by atoms with van der Waals surface area (Å²) in [5.41, 5.74) is 0. The average Bonchev–Trinajstić information content (AvgIpc) is 2.89. The largest absolute Gasteiger partial charge is 0.453 e. The Morgan fingerprint density at radius 3 is 2.52 bits per heavy atom. The van der Waals surface area contributed by atoms with Crippen molar-refractivity contribution >= 4 is 17.9 Å². The van der Waals surface area contributed by atoms with Gasteiger partial charge in [-0.15, -0.1) is 0 Å². The summed E-state index contributed by atoms with van der Waals surface area (Å²) in [6.45, 7) is 6.30. The van der Waals surface area contributed by atoms with Gasteiger partial charge in [0, 0.05) is 26.1 Å². The molecule has 0 aliphatic carbocycles. The lowest BCUT2D eigenvalue weighted by molar-refractivity contribution is -0.135. The number of carbonyl (C=O) groups excluding carboxylic acids is 3. The van der Waals surface area contributed by atoms with Crippen molar-refractivity contribution in [2.75, 3.05) is 20.2 Å². The summed E-state index contributed by atoms with van der Waals surface area (Å²) in [5, 5.41) is 5.34. The highest BCUT2D eigenvalue weighted by Gasteiger charge is 2.35. The first-order valence-corrected chi connectivity index (χ1v) is 7.26. The van der Waals surface area contributed by atoms with E-state index >= 15 is 0 Å². The summed E-state index contributed by atoms with van der Waals surface area (Å²) < 4.78 is 4.57. The van der Waals surface area contributed by atoms with Crippen molar-refractivity contribution in [3.63, 3.8) is 0 Å². The second-order valence-corrected chi connectivity index (χ2v) is 5.62. The van der Waals surface area contributed by atoms with Crippen LogP contribution in [-0.4, -0.2) is 55.1 Å². The van der Waals surface area contributed by atoms with E-state index in [9.17, 15) is 14.4 Å². The molecular formula is C14H25N3O4. The minimum absolute atomic E-state index is 0.0119. The third kappa shape index (κ3) is 4.91. The molecule has 120 valence electrons. The van der Waals surface area contributed by atoms with Crippen molar-refractivity contribution in [3.05, 3.63) is 0 Å². The second kappa shape index (κ2) is 7.85. The Hall–Kier alpha value is -1.79. The molecule has 0 aromatic carbocycles. The Balaban J connectivity index is 2.72. The molecule has 0 spiro atoms. The van der Waals surface area contributed by atoms with E-state index in [0.717, 1.165) is 12.8 Å². The summed E-state index contributed by atoms with van der Waals surface area (Å²) in [6, 6.07) is -0.627. The SMILES string of the molecule is COC(=O)N[C@H](C(=O)N1CCC[C@H]1CNC(C)=O)C(C)C. The van der Waals surface area contributed by atoms with E-state index < -0.39 is 12.1 Å². The molecule has 1 heterocycles. The van der Waals surface area contributed by atoms with Crippen molar-refractivity contribution in [2.24, 2.45) is 5.92 Å². The first-order valence-electron chi connectivity index (χ1n) is 7.26. The van der Waals surface area contributed by atoms with Gasteiger partial charge in [0.05, 0.1) is 7.11 Å². The van der Waals surface area contributed by atoms with Crippen LogP contribution in [0.15, 0.2) is 0 Å². The van der Waals surface area contributed by atoms with Gasteiger partial charge in [0.1, 0.15) is 6.04 Å². The monoisotopic (exact) mass is 299 g/mol. The van der Waals surface area contributed by atoms with Gasteiger partial charge < -0.3 is 20.3 Å². The lowest BCUT2D eigenvalue weighted by Gasteiger charge is -2.30. The van der Waals surface area contributed by atoms with E-state index in [4.69, 9.17) is 0 Å². The van der Waals surface area contributed by atoms with Gasteiger partial charge in [0.25, 0.3) is 0 Å². The smallest absolute Gasteiger partial charge is 0.407 e. The maximum atomic E-state index is 12.6. The molecule has 0 radical (unpaired) electrons. The van der Waals surface area contributed by atoms with Crippen LogP contribution in [0.2, 0.25) is 0 Å². The van der Waals surface area contributed by atoms with E-state index in [1.54, 1.807) is 4.90 Å². The molecule has 2 N–H and O–H groups in total. The van der Waals surface area contributed by atoms with Crippen LogP contribution in [0, 0.1) is 5.92 Å². The topological polar surface area (TPSA) is 87.7 Å². The number of hydrogen-bond donors (Lipinski definition) is 2. The number of ether oxygens (including phenoxy) is 1. The summed E-state index contributed by atoms with van der Waals surface area (Å²) in [7, 11) is 1.27. The first kappa shape index (κ1) is 17.3. The van der Waals surface area contributed by atoms with Crippen LogP contribution in [0.3, 0.4) is 0 Å². The summed E-state index contributed by atoms with van der Waals surface area (Å²) >= 11 is 0. The number of nitrogens with one attached hydrogen (secondary N) is 2. The van der Waals surface area contributed by atoms with Gasteiger partial charge >= 0.3 is 6.09 Å². The maximum Gasteiger partial charge on any atom is 0.407 e. The molecule has 1 saturated heterocycles. The molecule has 1 aliphatic heterocycles. The number of alkyl carbamates (subject to hydrolysis) is 1. The van der Waals surface area contributed by atoms with Crippen LogP contribution in [-0.2, 0) is 14.3 Å². The molecule has 0 unspecified atom stereocenters. The number of nitrogens with zero attached hydrogens (tertiary/aromatic N) is 1. The fourth-order valence-corrected chi connectivity index (χ4v) is 2.48. The minimum atomic E-state index is -0.615. The van der Waals surface area contributed by atoms with Crippen LogP contribution in [0.4, 0.5) is 4.79 Å². The zero-order valence-corrected chi connectivity index (χ0v) is 13.1. The Morgan fingerprint density at radius 1 is 1.33 bits per heavy atom. The molecular weight excluding hydrogens is 274 g/mol. The molecule has 2 atom stereocenters. The van der Waals surface area contributed by atoms with Gasteiger partial charge in [-0.05, 0) is 18.8 Å². The first-order chi connectivity index (χ1) is 9.86. The molecule has 7 heteroatoms. The number of methoxy groups -OCH3 is 1. The van der Waals surface area contributed by atoms with Crippen LogP contribution < -0.4 is 10.6 Å². The third-order valence-electron chi connectivity index (χ3n) is 3.64. The van der Waals surface area contributed by atoms with Crippen LogP contribution in [0.1, 0.15) is 33.6 Å². The predicted molar refractivity (Wildman–Crippen MR) is 77.6 cm³/mol. The zero-order chi connectivity index (χ0) is 16.0. The summed E-state index contributed by atoms with van der Waals surface area (Å²) in [4.78, 5) is 36.8. The van der Waals surface area contributed by atoms with Crippen molar-refractivity contribution in [2.45, 2.75) is 45.7 Å². The highest BCUT2D eigenvalue weighted by molar-refractivity contribution is 5.86. The van der Waals surface area contributed by atoms with Gasteiger partial charge in [0.15, 0.2) is 0 Å². The second-order valence-electron chi connectivity index (χ2n) is 5.62. The molecule has 7 nitrogen and oxygen atoms in total. The minimum Gasteiger partial charge on any atom is -0.453 e. The molecule has 21 heavy (non-hydrogen) atoms. The van der Waals surface area contributed by atoms with Crippen molar-refractivity contribution < 1.29 is 19.1 Å². The lowest BCUT2D eigenvalue weighted by Crippen LogP contribution is -2.54. The van der Waals surface area contributed by atoms with Gasteiger partial charge in [0.2, 0.25) is 11.8 Å². The summed E-state index contributed by atoms with van der Waals surface area (Å²) in [5.74, 6) is -0.274. The molecule has 0 aromatic rings. The van der Waals surface area contributed by atoms with Crippen molar-refractivity contribution in [1.82, 2.24) is 15.5 Å². The number of likely N-dealkylation sites (tertiary alicyclic amines) is 1. The zero-order valence-electron chi connectivity index (χ0n) is 13.1. The normalized spacial score (nSPS) is 19.3. The van der Waals surface area contributed by atoms with Gasteiger partial charge in [-0.25, -0.2) is 4.79 Å². The number of hydrogen-bond acceptors (Lipinski definition) is 4. The van der Waals surface area contributed by atoms with Crippen molar-refractivity contribution in [1.29, 1.82) is 0 Å². The highest BCUT2D eigenvalue weighted by Crippen LogP contribution is 2.19. The molecule has 0 bridgehead atoms. The lowest BCUT2D eigenvalue weighted by atomic mass is 10.0. The fraction of sp³-hybridized carbons (Fsp3) is 0.786. The highest BCUT2D eigenvalue weighted by atomic mass is 16.5. The van der Waals surface area contributed by atoms with E-state index in [1.165, 1.54) is 14.0 Å². The van der Waals surface area contributed by atoms with E-state index in [0.29, 0.717) is 13.1 Å². The van der Waals surface area contributed by atoms with Gasteiger partial charge in [-0.3, -0.25) is 9.59 Å². The number of rotatable bonds is 5. The third-order valence-corrected chi connectivity index (χ3v) is 3.64.